The molecule has 1 amide bonds. The molecule has 0 bridgehead atoms. The van der Waals surface area contributed by atoms with Crippen molar-refractivity contribution in [2.75, 3.05) is 10.6 Å². The van der Waals surface area contributed by atoms with E-state index >= 15 is 0 Å². The summed E-state index contributed by atoms with van der Waals surface area (Å²) < 4.78 is 27.5. The van der Waals surface area contributed by atoms with Crippen LogP contribution >= 0.6 is 0 Å². The SMILES string of the molecule is Cc1nc(Nc2ccc(C(C)C)cc2)cc(C(=O)Nc2c(F)cccc2F)n1. The predicted octanol–water partition coefficient (Wildman–Crippen LogP) is 5.18. The second kappa shape index (κ2) is 8.12. The quantitative estimate of drug-likeness (QED) is 0.638. The summed E-state index contributed by atoms with van der Waals surface area (Å²) in [6, 6.07) is 12.6. The lowest BCUT2D eigenvalue weighted by atomic mass is 10.0. The number of rotatable bonds is 5. The van der Waals surface area contributed by atoms with Crippen LogP contribution < -0.4 is 10.6 Å². The van der Waals surface area contributed by atoms with Gasteiger partial charge in [0.1, 0.15) is 34.7 Å². The first-order chi connectivity index (χ1) is 13.3. The van der Waals surface area contributed by atoms with Crippen molar-refractivity contribution in [2.24, 2.45) is 0 Å². The van der Waals surface area contributed by atoms with Gasteiger partial charge in [-0.15, -0.1) is 0 Å². The Balaban J connectivity index is 1.81. The summed E-state index contributed by atoms with van der Waals surface area (Å²) in [5.41, 5.74) is 1.49. The molecule has 1 aromatic heterocycles. The Bertz CT molecular complexity index is 984. The summed E-state index contributed by atoms with van der Waals surface area (Å²) in [5, 5.41) is 5.34. The maximum absolute atomic E-state index is 13.8. The van der Waals surface area contributed by atoms with E-state index in [4.69, 9.17) is 0 Å². The molecule has 0 fully saturated rings. The summed E-state index contributed by atoms with van der Waals surface area (Å²) in [6.07, 6.45) is 0. The van der Waals surface area contributed by atoms with Crippen LogP contribution in [0.4, 0.5) is 26.0 Å². The van der Waals surface area contributed by atoms with E-state index in [1.807, 2.05) is 24.3 Å². The second-order valence-electron chi connectivity index (χ2n) is 6.64. The number of aromatic nitrogens is 2. The average molecular weight is 382 g/mol. The number of halogens is 2. The monoisotopic (exact) mass is 382 g/mol. The van der Waals surface area contributed by atoms with E-state index in [0.717, 1.165) is 17.8 Å². The van der Waals surface area contributed by atoms with Gasteiger partial charge < -0.3 is 10.6 Å². The standard InChI is InChI=1S/C21H20F2N4O/c1-12(2)14-7-9-15(10-8-14)26-19-11-18(24-13(3)25-19)21(28)27-20-16(22)5-4-6-17(20)23/h4-12H,1-3H3,(H,27,28)(H,24,25,26). The van der Waals surface area contributed by atoms with Crippen molar-refractivity contribution in [1.82, 2.24) is 9.97 Å². The number of benzene rings is 2. The lowest BCUT2D eigenvalue weighted by Crippen LogP contribution is -2.17. The Morgan fingerprint density at radius 3 is 2.25 bits per heavy atom. The minimum atomic E-state index is -0.859. The molecule has 28 heavy (non-hydrogen) atoms. The number of anilines is 3. The van der Waals surface area contributed by atoms with Gasteiger partial charge in [-0.05, 0) is 42.7 Å². The number of hydrogen-bond acceptors (Lipinski definition) is 4. The molecule has 7 heteroatoms. The fourth-order valence-corrected chi connectivity index (χ4v) is 2.64. The van der Waals surface area contributed by atoms with Crippen molar-refractivity contribution in [1.29, 1.82) is 0 Å². The van der Waals surface area contributed by atoms with Crippen molar-refractivity contribution < 1.29 is 13.6 Å². The first-order valence-corrected chi connectivity index (χ1v) is 8.81. The molecule has 0 aliphatic heterocycles. The van der Waals surface area contributed by atoms with E-state index in [-0.39, 0.29) is 5.69 Å². The maximum Gasteiger partial charge on any atom is 0.274 e. The molecular weight excluding hydrogens is 362 g/mol. The zero-order valence-electron chi connectivity index (χ0n) is 15.8. The van der Waals surface area contributed by atoms with Gasteiger partial charge in [0.15, 0.2) is 0 Å². The number of para-hydroxylation sites is 1. The topological polar surface area (TPSA) is 66.9 Å². The molecule has 0 aliphatic carbocycles. The fourth-order valence-electron chi connectivity index (χ4n) is 2.64. The fraction of sp³-hybridized carbons (Fsp3) is 0.190. The van der Waals surface area contributed by atoms with E-state index in [2.05, 4.69) is 34.4 Å². The average Bonchev–Trinajstić information content (AvgIpc) is 2.64. The third-order valence-electron chi connectivity index (χ3n) is 4.12. The molecule has 0 aliphatic rings. The Labute approximate surface area is 161 Å². The zero-order chi connectivity index (χ0) is 20.3. The van der Waals surface area contributed by atoms with Gasteiger partial charge in [-0.1, -0.05) is 32.0 Å². The van der Waals surface area contributed by atoms with Crippen LogP contribution in [0.2, 0.25) is 0 Å². The van der Waals surface area contributed by atoms with Crippen LogP contribution in [0.1, 0.15) is 41.6 Å². The van der Waals surface area contributed by atoms with Gasteiger partial charge in [0.2, 0.25) is 0 Å². The molecule has 0 spiro atoms. The molecule has 5 nitrogen and oxygen atoms in total. The van der Waals surface area contributed by atoms with Gasteiger partial charge in [0.05, 0.1) is 0 Å². The van der Waals surface area contributed by atoms with Crippen LogP contribution in [0.5, 0.6) is 0 Å². The smallest absolute Gasteiger partial charge is 0.274 e. The van der Waals surface area contributed by atoms with Gasteiger partial charge in [-0.2, -0.15) is 0 Å². The molecule has 0 unspecified atom stereocenters. The summed E-state index contributed by atoms with van der Waals surface area (Å²) in [7, 11) is 0. The molecule has 3 aromatic rings. The Kier molecular flexibility index (Phi) is 5.63. The van der Waals surface area contributed by atoms with Gasteiger partial charge in [0.25, 0.3) is 5.91 Å². The van der Waals surface area contributed by atoms with Crippen molar-refractivity contribution in [3.8, 4) is 0 Å². The predicted molar refractivity (Wildman–Crippen MR) is 105 cm³/mol. The van der Waals surface area contributed by atoms with E-state index in [9.17, 15) is 13.6 Å². The Morgan fingerprint density at radius 1 is 1.00 bits per heavy atom. The van der Waals surface area contributed by atoms with Crippen LogP contribution in [0, 0.1) is 18.6 Å². The number of carbonyl (C=O) groups is 1. The van der Waals surface area contributed by atoms with Crippen molar-refractivity contribution in [3.05, 3.63) is 77.2 Å². The molecule has 0 radical (unpaired) electrons. The number of amides is 1. The lowest BCUT2D eigenvalue weighted by molar-refractivity contribution is 0.102. The maximum atomic E-state index is 13.8. The third kappa shape index (κ3) is 4.49. The van der Waals surface area contributed by atoms with Crippen LogP contribution in [0.3, 0.4) is 0 Å². The number of nitrogens with zero attached hydrogens (tertiary/aromatic N) is 2. The molecule has 2 N–H and O–H groups in total. The van der Waals surface area contributed by atoms with Gasteiger partial charge >= 0.3 is 0 Å². The number of carbonyl (C=O) groups excluding carboxylic acids is 1. The van der Waals surface area contributed by atoms with Crippen LogP contribution in [-0.4, -0.2) is 15.9 Å². The van der Waals surface area contributed by atoms with Gasteiger partial charge in [0, 0.05) is 11.8 Å². The second-order valence-corrected chi connectivity index (χ2v) is 6.64. The van der Waals surface area contributed by atoms with E-state index < -0.39 is 23.2 Å². The molecule has 3 rings (SSSR count). The van der Waals surface area contributed by atoms with Crippen LogP contribution in [-0.2, 0) is 0 Å². The normalized spacial score (nSPS) is 10.8. The molecular formula is C21H20F2N4O. The summed E-state index contributed by atoms with van der Waals surface area (Å²) in [5.74, 6) is -1.27. The Hall–Kier alpha value is -3.35. The van der Waals surface area contributed by atoms with Crippen LogP contribution in [0.25, 0.3) is 0 Å². The number of nitrogens with one attached hydrogen (secondary N) is 2. The summed E-state index contributed by atoms with van der Waals surface area (Å²) in [4.78, 5) is 20.8. The first-order valence-electron chi connectivity index (χ1n) is 8.81. The minimum absolute atomic E-state index is 0.00328. The van der Waals surface area contributed by atoms with Crippen molar-refractivity contribution in [2.45, 2.75) is 26.7 Å². The van der Waals surface area contributed by atoms with Crippen molar-refractivity contribution in [3.63, 3.8) is 0 Å². The van der Waals surface area contributed by atoms with E-state index in [1.165, 1.54) is 17.7 Å². The third-order valence-corrected chi connectivity index (χ3v) is 4.12. The molecule has 0 atom stereocenters. The molecule has 144 valence electrons. The zero-order valence-corrected chi connectivity index (χ0v) is 15.8. The molecule has 0 saturated heterocycles. The van der Waals surface area contributed by atoms with E-state index in [1.54, 1.807) is 6.92 Å². The highest BCUT2D eigenvalue weighted by atomic mass is 19.1. The van der Waals surface area contributed by atoms with Gasteiger partial charge in [-0.3, -0.25) is 4.79 Å². The summed E-state index contributed by atoms with van der Waals surface area (Å²) in [6.45, 7) is 5.85. The largest absolute Gasteiger partial charge is 0.340 e. The first kappa shape index (κ1) is 19.4. The molecule has 2 aromatic carbocycles. The van der Waals surface area contributed by atoms with Crippen LogP contribution in [0.15, 0.2) is 48.5 Å². The molecule has 1 heterocycles. The Morgan fingerprint density at radius 2 is 1.64 bits per heavy atom. The number of hydrogen-bond donors (Lipinski definition) is 2. The highest BCUT2D eigenvalue weighted by molar-refractivity contribution is 6.03. The van der Waals surface area contributed by atoms with Gasteiger partial charge in [-0.25, -0.2) is 18.7 Å². The highest BCUT2D eigenvalue weighted by Crippen LogP contribution is 2.22. The highest BCUT2D eigenvalue weighted by Gasteiger charge is 2.16. The van der Waals surface area contributed by atoms with E-state index in [0.29, 0.717) is 17.6 Å². The number of aryl methyl sites for hydroxylation is 1. The van der Waals surface area contributed by atoms with Crippen molar-refractivity contribution >= 4 is 23.1 Å². The summed E-state index contributed by atoms with van der Waals surface area (Å²) >= 11 is 0. The molecule has 0 saturated carbocycles. The lowest BCUT2D eigenvalue weighted by Gasteiger charge is -2.11. The minimum Gasteiger partial charge on any atom is -0.340 e.